The van der Waals surface area contributed by atoms with E-state index in [1.165, 1.54) is 56.3 Å². The zero-order chi connectivity index (χ0) is 20.8. The maximum atomic E-state index is 13.4. The van der Waals surface area contributed by atoms with Crippen molar-refractivity contribution in [2.75, 3.05) is 0 Å². The number of hydrogen-bond donors (Lipinski definition) is 1. The van der Waals surface area contributed by atoms with Crippen molar-refractivity contribution in [3.8, 4) is 0 Å². The Morgan fingerprint density at radius 2 is 1.57 bits per heavy atom. The van der Waals surface area contributed by atoms with Gasteiger partial charge in [0.2, 0.25) is 0 Å². The summed E-state index contributed by atoms with van der Waals surface area (Å²) in [6.45, 7) is 3.41. The molecule has 0 saturated carbocycles. The molecule has 0 fully saturated rings. The third-order valence-electron chi connectivity index (χ3n) is 4.86. The van der Waals surface area contributed by atoms with Crippen LogP contribution in [0.15, 0.2) is 42.5 Å². The van der Waals surface area contributed by atoms with E-state index in [1.807, 2.05) is 0 Å². The van der Waals surface area contributed by atoms with Crippen LogP contribution >= 0.6 is 0 Å². The minimum absolute atomic E-state index is 0.0886. The maximum Gasteiger partial charge on any atom is 0.270 e. The first-order valence-corrected chi connectivity index (χ1v) is 8.64. The molecule has 0 radical (unpaired) electrons. The van der Waals surface area contributed by atoms with Crippen molar-refractivity contribution >= 4 is 28.7 Å². The molecule has 0 amide bonds. The Morgan fingerprint density at radius 3 is 2.07 bits per heavy atom. The van der Waals surface area contributed by atoms with Gasteiger partial charge < -0.3 is 5.11 Å². The molecule has 3 rings (SSSR count). The van der Waals surface area contributed by atoms with Crippen LogP contribution in [-0.4, -0.2) is 22.5 Å². The van der Waals surface area contributed by atoms with E-state index in [0.717, 1.165) is 6.92 Å². The third kappa shape index (κ3) is 3.26. The van der Waals surface area contributed by atoms with Crippen molar-refractivity contribution in [3.63, 3.8) is 0 Å². The molecule has 6 heteroatoms. The van der Waals surface area contributed by atoms with Crippen molar-refractivity contribution in [3.05, 3.63) is 70.3 Å². The fourth-order valence-electron chi connectivity index (χ4n) is 3.37. The average Bonchev–Trinajstić information content (AvgIpc) is 2.91. The van der Waals surface area contributed by atoms with Crippen molar-refractivity contribution in [1.29, 1.82) is 0 Å². The van der Waals surface area contributed by atoms with Crippen molar-refractivity contribution in [1.82, 2.24) is 0 Å². The summed E-state index contributed by atoms with van der Waals surface area (Å²) in [4.78, 5) is 36.6. The first-order chi connectivity index (χ1) is 13.0. The number of ketones is 3. The lowest BCUT2D eigenvalue weighted by Crippen LogP contribution is -2.14. The molecule has 0 bridgehead atoms. The number of fused-ring (bicyclic) bond motifs is 1. The normalized spacial score (nSPS) is 18.0. The highest BCUT2D eigenvalue weighted by atomic mass is 19.3. The lowest BCUT2D eigenvalue weighted by molar-refractivity contribution is -0.124. The van der Waals surface area contributed by atoms with Gasteiger partial charge in [0.15, 0.2) is 11.6 Å². The van der Waals surface area contributed by atoms with E-state index >= 15 is 0 Å². The lowest BCUT2D eigenvalue weighted by Gasteiger charge is -2.12. The number of alkyl halides is 2. The van der Waals surface area contributed by atoms with Crippen LogP contribution in [-0.2, 0) is 15.5 Å². The first kappa shape index (κ1) is 19.6. The molecule has 1 N–H and O–H groups in total. The van der Waals surface area contributed by atoms with Gasteiger partial charge in [-0.25, -0.2) is 8.78 Å². The van der Waals surface area contributed by atoms with Gasteiger partial charge in [-0.2, -0.15) is 0 Å². The monoisotopic (exact) mass is 384 g/mol. The lowest BCUT2D eigenvalue weighted by atomic mass is 9.95. The Hall–Kier alpha value is -3.15. The summed E-state index contributed by atoms with van der Waals surface area (Å²) < 4.78 is 26.8. The van der Waals surface area contributed by atoms with E-state index < -0.39 is 23.4 Å². The number of carbonyl (C=O) groups excluding carboxylic acids is 3. The van der Waals surface area contributed by atoms with Gasteiger partial charge in [-0.3, -0.25) is 14.4 Å². The summed E-state index contributed by atoms with van der Waals surface area (Å²) in [6.07, 6.45) is 0. The Bertz CT molecular complexity index is 1030. The van der Waals surface area contributed by atoms with Gasteiger partial charge in [-0.15, -0.1) is 0 Å². The van der Waals surface area contributed by atoms with Gasteiger partial charge in [0, 0.05) is 23.6 Å². The minimum atomic E-state index is -3.03. The second-order valence-electron chi connectivity index (χ2n) is 6.96. The molecule has 1 atom stereocenters. The average molecular weight is 384 g/mol. The smallest absolute Gasteiger partial charge is 0.270 e. The second kappa shape index (κ2) is 6.78. The molecular weight excluding hydrogens is 366 g/mol. The minimum Gasteiger partial charge on any atom is -0.507 e. The van der Waals surface area contributed by atoms with Gasteiger partial charge in [-0.1, -0.05) is 36.4 Å². The fraction of sp³-hybridized carbons (Fsp3) is 0.227. The molecule has 0 aromatic heterocycles. The van der Waals surface area contributed by atoms with E-state index in [-0.39, 0.29) is 28.3 Å². The van der Waals surface area contributed by atoms with E-state index in [1.54, 1.807) is 0 Å². The number of rotatable bonds is 4. The highest BCUT2D eigenvalue weighted by Crippen LogP contribution is 2.42. The van der Waals surface area contributed by atoms with Gasteiger partial charge >= 0.3 is 0 Å². The van der Waals surface area contributed by atoms with Crippen LogP contribution in [0, 0.1) is 0 Å². The van der Waals surface area contributed by atoms with Crippen LogP contribution in [0.4, 0.5) is 8.78 Å². The molecule has 2 aromatic carbocycles. The molecule has 1 aliphatic rings. The Balaban J connectivity index is 2.20. The zero-order valence-electron chi connectivity index (χ0n) is 15.5. The van der Waals surface area contributed by atoms with E-state index in [4.69, 9.17) is 0 Å². The molecule has 144 valence electrons. The van der Waals surface area contributed by atoms with Crippen molar-refractivity contribution in [2.45, 2.75) is 32.6 Å². The predicted molar refractivity (Wildman–Crippen MR) is 100 cm³/mol. The Kier molecular flexibility index (Phi) is 4.75. The van der Waals surface area contributed by atoms with E-state index in [9.17, 15) is 28.3 Å². The molecule has 0 aliphatic heterocycles. The van der Waals surface area contributed by atoms with Gasteiger partial charge in [0.05, 0.1) is 5.57 Å². The number of allylic oxidation sites excluding steroid dienone is 1. The van der Waals surface area contributed by atoms with E-state index in [0.29, 0.717) is 16.7 Å². The van der Waals surface area contributed by atoms with Crippen LogP contribution in [0.1, 0.15) is 59.3 Å². The van der Waals surface area contributed by atoms with Crippen LogP contribution in [0.2, 0.25) is 0 Å². The number of carbonyl (C=O) groups is 3. The molecule has 1 unspecified atom stereocenters. The summed E-state index contributed by atoms with van der Waals surface area (Å²) in [6, 6.07) is 9.45. The number of hydrogen-bond acceptors (Lipinski definition) is 4. The SMILES string of the molecule is CC(=O)c1ccc2c(c1)/C(=C(/O)c1ccc(C(C)(F)F)cc1)C(=O)C2C(C)=O. The third-order valence-corrected chi connectivity index (χ3v) is 4.86. The quantitative estimate of drug-likeness (QED) is 0.360. The topological polar surface area (TPSA) is 71.4 Å². The molecule has 0 saturated heterocycles. The number of aliphatic hydroxyl groups is 1. The van der Waals surface area contributed by atoms with Crippen molar-refractivity contribution < 1.29 is 28.3 Å². The first-order valence-electron chi connectivity index (χ1n) is 8.64. The number of benzene rings is 2. The van der Waals surface area contributed by atoms with Crippen LogP contribution < -0.4 is 0 Å². The van der Waals surface area contributed by atoms with E-state index in [2.05, 4.69) is 0 Å². The summed E-state index contributed by atoms with van der Waals surface area (Å²) >= 11 is 0. The van der Waals surface area contributed by atoms with Gasteiger partial charge in [0.1, 0.15) is 17.5 Å². The highest BCUT2D eigenvalue weighted by Gasteiger charge is 2.40. The number of halogens is 2. The highest BCUT2D eigenvalue weighted by molar-refractivity contribution is 6.38. The molecule has 1 aliphatic carbocycles. The Morgan fingerprint density at radius 1 is 1.00 bits per heavy atom. The summed E-state index contributed by atoms with van der Waals surface area (Å²) in [5.41, 5.74) is 0.907. The molecule has 28 heavy (non-hydrogen) atoms. The van der Waals surface area contributed by atoms with Gasteiger partial charge in [0.25, 0.3) is 5.92 Å². The summed E-state index contributed by atoms with van der Waals surface area (Å²) in [7, 11) is 0. The molecule has 0 heterocycles. The summed E-state index contributed by atoms with van der Waals surface area (Å²) in [5, 5.41) is 10.7. The zero-order valence-corrected chi connectivity index (χ0v) is 15.5. The van der Waals surface area contributed by atoms with Gasteiger partial charge in [-0.05, 0) is 31.0 Å². The fourth-order valence-corrected chi connectivity index (χ4v) is 3.37. The molecule has 0 spiro atoms. The Labute approximate surface area is 160 Å². The molecular formula is C22H18F2O4. The predicted octanol–water partition coefficient (Wildman–Crippen LogP) is 4.68. The van der Waals surface area contributed by atoms with Crippen LogP contribution in [0.25, 0.3) is 11.3 Å². The molecule has 2 aromatic rings. The van der Waals surface area contributed by atoms with Crippen LogP contribution in [0.3, 0.4) is 0 Å². The maximum absolute atomic E-state index is 13.4. The largest absolute Gasteiger partial charge is 0.507 e. The number of aliphatic hydroxyl groups excluding tert-OH is 1. The standard InChI is InChI=1S/C22H18F2O4/c1-11(25)14-6-9-16-17(10-14)19(21(28)18(16)12(2)26)20(27)13-4-7-15(8-5-13)22(3,23)24/h4-10,18,27H,1-3H3/b20-19-. The van der Waals surface area contributed by atoms with Crippen LogP contribution in [0.5, 0.6) is 0 Å². The second-order valence-corrected chi connectivity index (χ2v) is 6.96. The number of Topliss-reactive ketones (excluding diaryl/α,β-unsaturated/α-hetero) is 3. The summed E-state index contributed by atoms with van der Waals surface area (Å²) in [5.74, 6) is -5.70. The molecule has 4 nitrogen and oxygen atoms in total. The van der Waals surface area contributed by atoms with Crippen molar-refractivity contribution in [2.24, 2.45) is 0 Å².